The maximum atomic E-state index is 13.5. The molecule has 0 unspecified atom stereocenters. The van der Waals surface area contributed by atoms with Crippen LogP contribution in [0.2, 0.25) is 0 Å². The fourth-order valence-electron chi connectivity index (χ4n) is 1.70. The first kappa shape index (κ1) is 12.2. The summed E-state index contributed by atoms with van der Waals surface area (Å²) in [7, 11) is 3.86. The van der Waals surface area contributed by atoms with Gasteiger partial charge in [-0.3, -0.25) is 0 Å². The van der Waals surface area contributed by atoms with E-state index < -0.39 is 11.6 Å². The van der Waals surface area contributed by atoms with Gasteiger partial charge in [0.15, 0.2) is 10.6 Å². The molecule has 0 amide bonds. The summed E-state index contributed by atoms with van der Waals surface area (Å²) in [5.41, 5.74) is 0.726. The number of likely N-dealkylation sites (N-methyl/N-ethyl adjacent to an activating group) is 1. The minimum atomic E-state index is -0.616. The standard InChI is InChI=1S/C11H13F2N3S/c1-15(2)3-4-16-9-6-7(12)5-8(13)10(9)14-11(16)17/h5-6H,3-4H2,1-2H3,(H,14,17). The fourth-order valence-corrected chi connectivity index (χ4v) is 1.99. The predicted molar refractivity (Wildman–Crippen MR) is 65.6 cm³/mol. The monoisotopic (exact) mass is 257 g/mol. The first-order valence-electron chi connectivity index (χ1n) is 5.21. The van der Waals surface area contributed by atoms with E-state index in [0.717, 1.165) is 12.6 Å². The van der Waals surface area contributed by atoms with Gasteiger partial charge in [-0.1, -0.05) is 0 Å². The number of aromatic nitrogens is 2. The van der Waals surface area contributed by atoms with Crippen LogP contribution in [0.4, 0.5) is 8.78 Å². The molecule has 0 aliphatic rings. The normalized spacial score (nSPS) is 11.6. The summed E-state index contributed by atoms with van der Waals surface area (Å²) in [6.07, 6.45) is 0. The molecule has 3 nitrogen and oxygen atoms in total. The summed E-state index contributed by atoms with van der Waals surface area (Å²) >= 11 is 5.11. The van der Waals surface area contributed by atoms with Gasteiger partial charge in [-0.15, -0.1) is 0 Å². The van der Waals surface area contributed by atoms with Crippen LogP contribution in [0.5, 0.6) is 0 Å². The molecule has 92 valence electrons. The number of nitrogens with one attached hydrogen (secondary N) is 1. The van der Waals surface area contributed by atoms with Crippen molar-refractivity contribution in [1.29, 1.82) is 0 Å². The van der Waals surface area contributed by atoms with Crippen LogP contribution >= 0.6 is 12.2 Å². The maximum absolute atomic E-state index is 13.5. The Labute approximate surface area is 103 Å². The van der Waals surface area contributed by atoms with Gasteiger partial charge >= 0.3 is 0 Å². The average Bonchev–Trinajstić information content (AvgIpc) is 2.52. The number of nitrogens with zero attached hydrogens (tertiary/aromatic N) is 2. The molecule has 0 radical (unpaired) electrons. The number of aromatic amines is 1. The molecular formula is C11H13F2N3S. The van der Waals surface area contributed by atoms with E-state index >= 15 is 0 Å². The molecule has 1 N–H and O–H groups in total. The third-order valence-electron chi connectivity index (χ3n) is 2.57. The Morgan fingerprint density at radius 2 is 2.06 bits per heavy atom. The van der Waals surface area contributed by atoms with Crippen LogP contribution < -0.4 is 0 Å². The molecule has 0 saturated carbocycles. The van der Waals surface area contributed by atoms with Crippen molar-refractivity contribution in [3.8, 4) is 0 Å². The van der Waals surface area contributed by atoms with E-state index in [1.54, 1.807) is 4.57 Å². The smallest absolute Gasteiger partial charge is 0.178 e. The van der Waals surface area contributed by atoms with E-state index in [0.29, 0.717) is 16.8 Å². The molecule has 6 heteroatoms. The highest BCUT2D eigenvalue weighted by molar-refractivity contribution is 7.71. The highest BCUT2D eigenvalue weighted by atomic mass is 32.1. The van der Waals surface area contributed by atoms with Crippen molar-refractivity contribution in [2.75, 3.05) is 20.6 Å². The highest BCUT2D eigenvalue weighted by Gasteiger charge is 2.10. The van der Waals surface area contributed by atoms with Crippen molar-refractivity contribution >= 4 is 23.3 Å². The molecule has 1 aromatic heterocycles. The molecule has 0 spiro atoms. The number of H-pyrrole nitrogens is 1. The van der Waals surface area contributed by atoms with Gasteiger partial charge < -0.3 is 14.5 Å². The van der Waals surface area contributed by atoms with E-state index in [4.69, 9.17) is 12.2 Å². The molecule has 1 heterocycles. The van der Waals surface area contributed by atoms with Gasteiger partial charge in [0.05, 0.1) is 5.52 Å². The van der Waals surface area contributed by atoms with Gasteiger partial charge in [-0.25, -0.2) is 8.78 Å². The second-order valence-corrected chi connectivity index (χ2v) is 4.55. The van der Waals surface area contributed by atoms with Crippen molar-refractivity contribution in [1.82, 2.24) is 14.5 Å². The fraction of sp³-hybridized carbons (Fsp3) is 0.364. The Hall–Kier alpha value is -1.27. The number of hydrogen-bond donors (Lipinski definition) is 1. The number of benzene rings is 1. The SMILES string of the molecule is CN(C)CCn1c(=S)[nH]c2c(F)cc(F)cc21. The summed E-state index contributed by atoms with van der Waals surface area (Å²) in [5.74, 6) is -1.21. The van der Waals surface area contributed by atoms with E-state index in [-0.39, 0.29) is 5.52 Å². The number of rotatable bonds is 3. The lowest BCUT2D eigenvalue weighted by molar-refractivity contribution is 0.385. The first-order chi connectivity index (χ1) is 7.99. The molecular weight excluding hydrogens is 244 g/mol. The predicted octanol–water partition coefficient (Wildman–Crippen LogP) is 2.54. The van der Waals surface area contributed by atoms with Crippen LogP contribution in [-0.2, 0) is 6.54 Å². The number of hydrogen-bond acceptors (Lipinski definition) is 2. The van der Waals surface area contributed by atoms with Crippen LogP contribution in [0.3, 0.4) is 0 Å². The molecule has 0 fully saturated rings. The Balaban J connectivity index is 2.54. The highest BCUT2D eigenvalue weighted by Crippen LogP contribution is 2.19. The van der Waals surface area contributed by atoms with E-state index in [1.165, 1.54) is 6.07 Å². The van der Waals surface area contributed by atoms with Crippen molar-refractivity contribution in [3.63, 3.8) is 0 Å². The van der Waals surface area contributed by atoms with Crippen molar-refractivity contribution in [3.05, 3.63) is 28.5 Å². The summed E-state index contributed by atoms with van der Waals surface area (Å²) in [6, 6.07) is 2.14. The largest absolute Gasteiger partial charge is 0.328 e. The zero-order valence-corrected chi connectivity index (χ0v) is 10.4. The molecule has 2 rings (SSSR count). The lowest BCUT2D eigenvalue weighted by atomic mass is 10.3. The zero-order valence-electron chi connectivity index (χ0n) is 9.63. The minimum absolute atomic E-state index is 0.259. The van der Waals surface area contributed by atoms with Gasteiger partial charge in [0, 0.05) is 19.2 Å². The van der Waals surface area contributed by atoms with Gasteiger partial charge in [-0.2, -0.15) is 0 Å². The lowest BCUT2D eigenvalue weighted by Crippen LogP contribution is -2.18. The third-order valence-corrected chi connectivity index (χ3v) is 2.90. The number of imidazole rings is 1. The van der Waals surface area contributed by atoms with E-state index in [1.807, 2.05) is 19.0 Å². The quantitative estimate of drug-likeness (QED) is 0.854. The van der Waals surface area contributed by atoms with Crippen LogP contribution in [0.1, 0.15) is 0 Å². The molecule has 0 aliphatic heterocycles. The summed E-state index contributed by atoms with van der Waals surface area (Å²) in [4.78, 5) is 4.75. The zero-order chi connectivity index (χ0) is 12.6. The van der Waals surface area contributed by atoms with Gasteiger partial charge in [0.1, 0.15) is 11.3 Å². The second-order valence-electron chi connectivity index (χ2n) is 4.17. The van der Waals surface area contributed by atoms with Crippen LogP contribution in [0, 0.1) is 16.4 Å². The second kappa shape index (κ2) is 4.54. The average molecular weight is 257 g/mol. The summed E-state index contributed by atoms with van der Waals surface area (Å²) < 4.78 is 28.8. The molecule has 1 aromatic carbocycles. The summed E-state index contributed by atoms with van der Waals surface area (Å²) in [6.45, 7) is 1.34. The van der Waals surface area contributed by atoms with Crippen molar-refractivity contribution < 1.29 is 8.78 Å². The molecule has 0 atom stereocenters. The first-order valence-corrected chi connectivity index (χ1v) is 5.62. The van der Waals surface area contributed by atoms with Crippen molar-refractivity contribution in [2.24, 2.45) is 0 Å². The van der Waals surface area contributed by atoms with E-state index in [9.17, 15) is 8.78 Å². The van der Waals surface area contributed by atoms with Gasteiger partial charge in [-0.05, 0) is 32.4 Å². The Bertz CT molecular complexity index is 601. The number of fused-ring (bicyclic) bond motifs is 1. The van der Waals surface area contributed by atoms with Crippen LogP contribution in [-0.4, -0.2) is 35.1 Å². The van der Waals surface area contributed by atoms with E-state index in [2.05, 4.69) is 4.98 Å². The Morgan fingerprint density at radius 1 is 1.35 bits per heavy atom. The molecule has 17 heavy (non-hydrogen) atoms. The van der Waals surface area contributed by atoms with Gasteiger partial charge in [0.25, 0.3) is 0 Å². The van der Waals surface area contributed by atoms with Crippen molar-refractivity contribution in [2.45, 2.75) is 6.54 Å². The minimum Gasteiger partial charge on any atom is -0.328 e. The van der Waals surface area contributed by atoms with Gasteiger partial charge in [0.2, 0.25) is 0 Å². The molecule has 0 aliphatic carbocycles. The third kappa shape index (κ3) is 2.37. The maximum Gasteiger partial charge on any atom is 0.178 e. The topological polar surface area (TPSA) is 24.0 Å². The number of halogens is 2. The van der Waals surface area contributed by atoms with Crippen LogP contribution in [0.25, 0.3) is 11.0 Å². The summed E-state index contributed by atoms with van der Waals surface area (Å²) in [5, 5.41) is 0. The lowest BCUT2D eigenvalue weighted by Gasteiger charge is -2.10. The molecule has 0 saturated heterocycles. The Kier molecular flexibility index (Phi) is 3.26. The molecule has 0 bridgehead atoms. The van der Waals surface area contributed by atoms with Crippen LogP contribution in [0.15, 0.2) is 12.1 Å². The Morgan fingerprint density at radius 3 is 2.71 bits per heavy atom. The molecule has 2 aromatic rings.